The summed E-state index contributed by atoms with van der Waals surface area (Å²) in [5.41, 5.74) is 0. The lowest BCUT2D eigenvalue weighted by atomic mass is 9.98. The number of hydrogen-bond acceptors (Lipinski definition) is 9. The molecule has 0 saturated carbocycles. The molecule has 8 N–H and O–H groups in total. The number of carbonyl (C=O) groups excluding carboxylic acids is 1. The fourth-order valence-corrected chi connectivity index (χ4v) is 8.42. The Labute approximate surface area is 368 Å². The summed E-state index contributed by atoms with van der Waals surface area (Å²) in [4.78, 5) is 12.9. The Kier molecular flexibility index (Phi) is 38.6. The van der Waals surface area contributed by atoms with Gasteiger partial charge in [0, 0.05) is 6.54 Å². The van der Waals surface area contributed by atoms with Gasteiger partial charge in [-0.1, -0.05) is 226 Å². The van der Waals surface area contributed by atoms with Gasteiger partial charge in [-0.2, -0.15) is 0 Å². The predicted octanol–water partition coefficient (Wildman–Crippen LogP) is 9.89. The van der Waals surface area contributed by atoms with Crippen molar-refractivity contribution in [2.45, 2.75) is 288 Å². The number of amides is 2. The van der Waals surface area contributed by atoms with Crippen molar-refractivity contribution in [3.63, 3.8) is 0 Å². The van der Waals surface area contributed by atoms with Crippen LogP contribution in [0.2, 0.25) is 0 Å². The third kappa shape index (κ3) is 30.1. The van der Waals surface area contributed by atoms with Gasteiger partial charge in [-0.05, 0) is 12.8 Å². The van der Waals surface area contributed by atoms with E-state index in [1.807, 2.05) is 0 Å². The zero-order valence-corrected chi connectivity index (χ0v) is 38.9. The molecule has 60 heavy (non-hydrogen) atoms. The fraction of sp³-hybridized carbons (Fsp3) is 0.980. The molecule has 11 nitrogen and oxygen atoms in total. The van der Waals surface area contributed by atoms with Crippen LogP contribution in [0.25, 0.3) is 0 Å². The maximum Gasteiger partial charge on any atom is 0.315 e. The minimum absolute atomic E-state index is 0.341. The molecule has 0 aromatic carbocycles. The lowest BCUT2D eigenvalue weighted by Crippen LogP contribution is -2.60. The van der Waals surface area contributed by atoms with Gasteiger partial charge in [-0.25, -0.2) is 4.79 Å². The lowest BCUT2D eigenvalue weighted by molar-refractivity contribution is -0.303. The molecule has 1 aliphatic heterocycles. The van der Waals surface area contributed by atoms with E-state index in [2.05, 4.69) is 24.5 Å². The van der Waals surface area contributed by atoms with Gasteiger partial charge in [-0.15, -0.1) is 0 Å². The van der Waals surface area contributed by atoms with Gasteiger partial charge in [0.05, 0.1) is 25.4 Å². The number of nitrogens with one attached hydrogen (secondary N) is 2. The van der Waals surface area contributed by atoms with Gasteiger partial charge < -0.3 is 50.7 Å². The SMILES string of the molecule is CCCCCCCCCCCCCCCCCCCCCCCCNC(=O)N[C@@H](CO[C@H]1O[C@H](CO)[C@H](O)[C@H](O)[C@H]1O)[C@H](O)[C@H](O)CCCCCCCCCCCCCC. The van der Waals surface area contributed by atoms with Crippen LogP contribution in [0.5, 0.6) is 0 Å². The van der Waals surface area contributed by atoms with Crippen molar-refractivity contribution in [3.8, 4) is 0 Å². The van der Waals surface area contributed by atoms with Crippen molar-refractivity contribution in [1.29, 1.82) is 0 Å². The van der Waals surface area contributed by atoms with Crippen LogP contribution >= 0.6 is 0 Å². The van der Waals surface area contributed by atoms with Crippen molar-refractivity contribution in [3.05, 3.63) is 0 Å². The van der Waals surface area contributed by atoms with E-state index in [1.54, 1.807) is 0 Å². The summed E-state index contributed by atoms with van der Waals surface area (Å²) in [7, 11) is 0. The zero-order valence-electron chi connectivity index (χ0n) is 38.9. The van der Waals surface area contributed by atoms with Gasteiger partial charge in [0.2, 0.25) is 0 Å². The number of unbranched alkanes of at least 4 members (excludes halogenated alkanes) is 32. The first-order valence-electron chi connectivity index (χ1n) is 25.6. The Morgan fingerprint density at radius 2 is 0.900 bits per heavy atom. The standard InChI is InChI=1S/C49H98N2O9/c1-3-5-7-9-11-13-15-17-18-19-20-21-22-23-24-25-26-28-30-32-34-36-38-50-49(58)51-41(40-59-48-47(57)46(56)45(55)43(39-52)60-48)44(54)42(53)37-35-33-31-29-27-16-14-12-10-8-6-4-2/h41-48,52-57H,3-40H2,1-2H3,(H2,50,51,58)/t41-,42+,43+,44-,45-,46-,47+,48-/m0/s1. The molecule has 8 atom stereocenters. The molecule has 0 aliphatic carbocycles. The first kappa shape index (κ1) is 57.0. The quantitative estimate of drug-likeness (QED) is 0.0277. The largest absolute Gasteiger partial charge is 0.394 e. The summed E-state index contributed by atoms with van der Waals surface area (Å²) in [5.74, 6) is 0. The molecular weight excluding hydrogens is 761 g/mol. The minimum atomic E-state index is -1.62. The fourth-order valence-electron chi connectivity index (χ4n) is 8.42. The predicted molar refractivity (Wildman–Crippen MR) is 245 cm³/mol. The molecule has 0 aromatic rings. The molecule has 358 valence electrons. The molecule has 1 rings (SSSR count). The maximum atomic E-state index is 12.9. The molecule has 1 fully saturated rings. The second kappa shape index (κ2) is 40.7. The Morgan fingerprint density at radius 1 is 0.533 bits per heavy atom. The van der Waals surface area contributed by atoms with Crippen molar-refractivity contribution in [2.75, 3.05) is 19.8 Å². The normalized spacial score (nSPS) is 20.9. The highest BCUT2D eigenvalue weighted by atomic mass is 16.7. The Hall–Kier alpha value is -1.05. The van der Waals surface area contributed by atoms with E-state index in [0.29, 0.717) is 13.0 Å². The topological polar surface area (TPSA) is 181 Å². The van der Waals surface area contributed by atoms with Crippen LogP contribution in [0.1, 0.15) is 239 Å². The van der Waals surface area contributed by atoms with E-state index < -0.39 is 61.6 Å². The summed E-state index contributed by atoms with van der Waals surface area (Å²) in [5, 5.41) is 67.9. The average Bonchev–Trinajstić information content (AvgIpc) is 3.25. The number of ether oxygens (including phenoxy) is 2. The van der Waals surface area contributed by atoms with Crippen molar-refractivity contribution in [1.82, 2.24) is 10.6 Å². The van der Waals surface area contributed by atoms with Crippen LogP contribution in [0.4, 0.5) is 4.79 Å². The van der Waals surface area contributed by atoms with Crippen LogP contribution in [0.3, 0.4) is 0 Å². The van der Waals surface area contributed by atoms with E-state index in [1.165, 1.54) is 173 Å². The van der Waals surface area contributed by atoms with Crippen molar-refractivity contribution >= 4 is 6.03 Å². The number of aliphatic hydroxyl groups is 6. The monoisotopic (exact) mass is 859 g/mol. The highest BCUT2D eigenvalue weighted by Gasteiger charge is 2.44. The number of carbonyl (C=O) groups is 1. The molecular formula is C49H98N2O9. The van der Waals surface area contributed by atoms with Gasteiger partial charge in [0.15, 0.2) is 6.29 Å². The smallest absolute Gasteiger partial charge is 0.315 e. The van der Waals surface area contributed by atoms with Crippen molar-refractivity contribution < 1.29 is 44.9 Å². The molecule has 1 saturated heterocycles. The van der Waals surface area contributed by atoms with Gasteiger partial charge >= 0.3 is 6.03 Å². The first-order valence-corrected chi connectivity index (χ1v) is 25.6. The Morgan fingerprint density at radius 3 is 1.28 bits per heavy atom. The summed E-state index contributed by atoms with van der Waals surface area (Å²) in [6.45, 7) is 4.05. The Balaban J connectivity index is 2.26. The van der Waals surface area contributed by atoms with E-state index in [9.17, 15) is 35.4 Å². The molecule has 1 heterocycles. The van der Waals surface area contributed by atoms with Gasteiger partial charge in [0.1, 0.15) is 30.5 Å². The molecule has 2 amide bonds. The van der Waals surface area contributed by atoms with Crippen molar-refractivity contribution in [2.24, 2.45) is 0 Å². The van der Waals surface area contributed by atoms with E-state index in [0.717, 1.165) is 44.9 Å². The summed E-state index contributed by atoms with van der Waals surface area (Å²) in [6, 6.07) is -1.55. The zero-order chi connectivity index (χ0) is 43.9. The van der Waals surface area contributed by atoms with Crippen LogP contribution in [0.15, 0.2) is 0 Å². The maximum absolute atomic E-state index is 12.9. The number of rotatable bonds is 43. The number of aliphatic hydroxyl groups excluding tert-OH is 6. The van der Waals surface area contributed by atoms with Crippen LogP contribution in [-0.4, -0.2) is 105 Å². The van der Waals surface area contributed by atoms with Gasteiger partial charge in [0.25, 0.3) is 0 Å². The highest BCUT2D eigenvalue weighted by Crippen LogP contribution is 2.23. The molecule has 0 spiro atoms. The Bertz CT molecular complexity index is 931. The van der Waals surface area contributed by atoms with E-state index in [-0.39, 0.29) is 6.61 Å². The molecule has 0 unspecified atom stereocenters. The second-order valence-corrected chi connectivity index (χ2v) is 18.2. The summed E-state index contributed by atoms with van der Waals surface area (Å²) in [6.07, 6.45) is 33.9. The minimum Gasteiger partial charge on any atom is -0.394 e. The first-order chi connectivity index (χ1) is 29.3. The number of urea groups is 1. The van der Waals surface area contributed by atoms with Crippen LogP contribution < -0.4 is 10.6 Å². The lowest BCUT2D eigenvalue weighted by Gasteiger charge is -2.40. The number of hydrogen-bond donors (Lipinski definition) is 8. The molecule has 0 aromatic heterocycles. The van der Waals surface area contributed by atoms with Crippen LogP contribution in [-0.2, 0) is 9.47 Å². The van der Waals surface area contributed by atoms with Crippen LogP contribution in [0, 0.1) is 0 Å². The molecule has 0 radical (unpaired) electrons. The summed E-state index contributed by atoms with van der Waals surface area (Å²) < 4.78 is 11.1. The van der Waals surface area contributed by atoms with Gasteiger partial charge in [-0.3, -0.25) is 0 Å². The van der Waals surface area contributed by atoms with E-state index >= 15 is 0 Å². The molecule has 0 bridgehead atoms. The van der Waals surface area contributed by atoms with E-state index in [4.69, 9.17) is 9.47 Å². The third-order valence-corrected chi connectivity index (χ3v) is 12.6. The highest BCUT2D eigenvalue weighted by molar-refractivity contribution is 5.74. The molecule has 11 heteroatoms. The average molecular weight is 859 g/mol. The second-order valence-electron chi connectivity index (χ2n) is 18.2. The molecule has 1 aliphatic rings. The third-order valence-electron chi connectivity index (χ3n) is 12.6. The summed E-state index contributed by atoms with van der Waals surface area (Å²) >= 11 is 0.